The van der Waals surface area contributed by atoms with E-state index in [0.29, 0.717) is 5.92 Å². The molecule has 4 heteroatoms. The summed E-state index contributed by atoms with van der Waals surface area (Å²) in [5.41, 5.74) is 7.82. The second-order valence-corrected chi connectivity index (χ2v) is 5.91. The predicted octanol–water partition coefficient (Wildman–Crippen LogP) is 2.57. The zero-order valence-corrected chi connectivity index (χ0v) is 12.4. The third-order valence-corrected chi connectivity index (χ3v) is 4.73. The second kappa shape index (κ2) is 5.41. The maximum absolute atomic E-state index is 12.5. The summed E-state index contributed by atoms with van der Waals surface area (Å²) in [5, 5.41) is 0. The third kappa shape index (κ3) is 2.59. The number of nitrogens with two attached hydrogens (primary N) is 1. The molecule has 0 radical (unpaired) electrons. The van der Waals surface area contributed by atoms with Crippen molar-refractivity contribution in [3.63, 3.8) is 0 Å². The normalized spacial score (nSPS) is 24.1. The summed E-state index contributed by atoms with van der Waals surface area (Å²) in [5.74, 6) is 0.468. The van der Waals surface area contributed by atoms with E-state index >= 15 is 0 Å². The van der Waals surface area contributed by atoms with Gasteiger partial charge in [-0.1, -0.05) is 19.1 Å². The van der Waals surface area contributed by atoms with Crippen LogP contribution >= 0.6 is 15.9 Å². The summed E-state index contributed by atoms with van der Waals surface area (Å²) in [6.07, 6.45) is 0.885. The van der Waals surface area contributed by atoms with Gasteiger partial charge in [-0.05, 0) is 46.8 Å². The Morgan fingerprint density at radius 3 is 2.89 bits per heavy atom. The molecule has 1 aromatic rings. The molecule has 18 heavy (non-hydrogen) atoms. The van der Waals surface area contributed by atoms with Gasteiger partial charge in [-0.25, -0.2) is 0 Å². The first-order valence-corrected chi connectivity index (χ1v) is 7.10. The molecule has 1 aromatic carbocycles. The fourth-order valence-electron chi connectivity index (χ4n) is 2.33. The van der Waals surface area contributed by atoms with Crippen LogP contribution in [0, 0.1) is 12.8 Å². The number of amides is 1. The highest BCUT2D eigenvalue weighted by atomic mass is 79.9. The zero-order chi connectivity index (χ0) is 13.3. The molecule has 1 aliphatic heterocycles. The average molecular weight is 311 g/mol. The molecule has 2 rings (SSSR count). The van der Waals surface area contributed by atoms with Gasteiger partial charge in [-0.15, -0.1) is 0 Å². The van der Waals surface area contributed by atoms with Crippen molar-refractivity contribution in [1.29, 1.82) is 0 Å². The SMILES string of the molecule is Cc1cccc(C(=O)N2CCC(N)C(C)C2)c1Br. The van der Waals surface area contributed by atoms with Crippen LogP contribution < -0.4 is 5.73 Å². The Balaban J connectivity index is 2.19. The fourth-order valence-corrected chi connectivity index (χ4v) is 2.77. The molecule has 0 bridgehead atoms. The minimum absolute atomic E-state index is 0.101. The maximum Gasteiger partial charge on any atom is 0.255 e. The molecule has 0 spiro atoms. The van der Waals surface area contributed by atoms with Crippen LogP contribution in [0.25, 0.3) is 0 Å². The topological polar surface area (TPSA) is 46.3 Å². The van der Waals surface area contributed by atoms with Crippen LogP contribution in [-0.4, -0.2) is 29.9 Å². The van der Waals surface area contributed by atoms with E-state index in [1.165, 1.54) is 0 Å². The molecular weight excluding hydrogens is 292 g/mol. The van der Waals surface area contributed by atoms with Crippen LogP contribution in [0.1, 0.15) is 29.3 Å². The number of piperidine rings is 1. The van der Waals surface area contributed by atoms with Gasteiger partial charge in [-0.3, -0.25) is 4.79 Å². The summed E-state index contributed by atoms with van der Waals surface area (Å²) >= 11 is 3.50. The van der Waals surface area contributed by atoms with Gasteiger partial charge in [0.2, 0.25) is 0 Å². The molecule has 0 saturated carbocycles. The first kappa shape index (κ1) is 13.6. The molecule has 98 valence electrons. The van der Waals surface area contributed by atoms with E-state index < -0.39 is 0 Å². The minimum atomic E-state index is 0.101. The monoisotopic (exact) mass is 310 g/mol. The van der Waals surface area contributed by atoms with Gasteiger partial charge in [0.05, 0.1) is 5.56 Å². The van der Waals surface area contributed by atoms with Crippen LogP contribution in [0.2, 0.25) is 0 Å². The van der Waals surface area contributed by atoms with Crippen LogP contribution in [0.3, 0.4) is 0 Å². The molecule has 0 aromatic heterocycles. The number of hydrogen-bond acceptors (Lipinski definition) is 2. The number of carbonyl (C=O) groups excluding carboxylic acids is 1. The van der Waals surface area contributed by atoms with Crippen LogP contribution in [0.15, 0.2) is 22.7 Å². The average Bonchev–Trinajstić information content (AvgIpc) is 2.35. The van der Waals surface area contributed by atoms with Gasteiger partial charge in [0, 0.05) is 23.6 Å². The standard InChI is InChI=1S/C14H19BrN2O/c1-9-4-3-5-11(13(9)15)14(18)17-7-6-12(16)10(2)8-17/h3-5,10,12H,6-8,16H2,1-2H3. The van der Waals surface area contributed by atoms with E-state index in [9.17, 15) is 4.79 Å². The molecule has 2 unspecified atom stereocenters. The molecular formula is C14H19BrN2O. The fraction of sp³-hybridized carbons (Fsp3) is 0.500. The van der Waals surface area contributed by atoms with E-state index in [-0.39, 0.29) is 11.9 Å². The summed E-state index contributed by atoms with van der Waals surface area (Å²) in [7, 11) is 0. The van der Waals surface area contributed by atoms with Crippen LogP contribution in [0.4, 0.5) is 0 Å². The van der Waals surface area contributed by atoms with E-state index in [2.05, 4.69) is 22.9 Å². The van der Waals surface area contributed by atoms with Gasteiger partial charge in [0.1, 0.15) is 0 Å². The third-order valence-electron chi connectivity index (χ3n) is 3.68. The molecule has 0 aliphatic carbocycles. The smallest absolute Gasteiger partial charge is 0.255 e. The van der Waals surface area contributed by atoms with E-state index in [4.69, 9.17) is 5.73 Å². The number of likely N-dealkylation sites (tertiary alicyclic amines) is 1. The number of rotatable bonds is 1. The van der Waals surface area contributed by atoms with Crippen molar-refractivity contribution in [3.05, 3.63) is 33.8 Å². The molecule has 1 aliphatic rings. The van der Waals surface area contributed by atoms with Gasteiger partial charge in [0.25, 0.3) is 5.91 Å². The van der Waals surface area contributed by atoms with E-state index in [0.717, 1.165) is 35.1 Å². The highest BCUT2D eigenvalue weighted by Crippen LogP contribution is 2.24. The number of halogens is 1. The number of carbonyl (C=O) groups is 1. The summed E-state index contributed by atoms with van der Waals surface area (Å²) in [6, 6.07) is 6.01. The predicted molar refractivity (Wildman–Crippen MR) is 76.5 cm³/mol. The first-order chi connectivity index (χ1) is 8.50. The largest absolute Gasteiger partial charge is 0.338 e. The lowest BCUT2D eigenvalue weighted by atomic mass is 9.94. The van der Waals surface area contributed by atoms with Gasteiger partial charge in [0.15, 0.2) is 0 Å². The molecule has 1 saturated heterocycles. The summed E-state index contributed by atoms with van der Waals surface area (Å²) in [6.45, 7) is 5.61. The number of nitrogens with zero attached hydrogens (tertiary/aromatic N) is 1. The molecule has 2 N–H and O–H groups in total. The number of hydrogen-bond donors (Lipinski definition) is 1. The molecule has 1 heterocycles. The Hall–Kier alpha value is -0.870. The lowest BCUT2D eigenvalue weighted by Gasteiger charge is -2.35. The van der Waals surface area contributed by atoms with Gasteiger partial charge in [-0.2, -0.15) is 0 Å². The second-order valence-electron chi connectivity index (χ2n) is 5.12. The van der Waals surface area contributed by atoms with Crippen LogP contribution in [0.5, 0.6) is 0 Å². The van der Waals surface area contributed by atoms with Crippen molar-refractivity contribution in [2.45, 2.75) is 26.3 Å². The maximum atomic E-state index is 12.5. The molecule has 1 fully saturated rings. The van der Waals surface area contributed by atoms with Crippen molar-refractivity contribution < 1.29 is 4.79 Å². The molecule has 1 amide bonds. The van der Waals surface area contributed by atoms with E-state index in [1.54, 1.807) is 0 Å². The Kier molecular flexibility index (Phi) is 4.07. The minimum Gasteiger partial charge on any atom is -0.338 e. The Bertz CT molecular complexity index is 461. The number of benzene rings is 1. The van der Waals surface area contributed by atoms with Crippen molar-refractivity contribution in [3.8, 4) is 0 Å². The van der Waals surface area contributed by atoms with E-state index in [1.807, 2.05) is 30.0 Å². The highest BCUT2D eigenvalue weighted by Gasteiger charge is 2.27. The lowest BCUT2D eigenvalue weighted by Crippen LogP contribution is -2.48. The Morgan fingerprint density at radius 2 is 2.22 bits per heavy atom. The van der Waals surface area contributed by atoms with Crippen molar-refractivity contribution in [1.82, 2.24) is 4.90 Å². The van der Waals surface area contributed by atoms with Crippen molar-refractivity contribution in [2.75, 3.05) is 13.1 Å². The lowest BCUT2D eigenvalue weighted by molar-refractivity contribution is 0.0663. The summed E-state index contributed by atoms with van der Waals surface area (Å²) in [4.78, 5) is 14.4. The van der Waals surface area contributed by atoms with Gasteiger partial charge < -0.3 is 10.6 Å². The highest BCUT2D eigenvalue weighted by molar-refractivity contribution is 9.10. The van der Waals surface area contributed by atoms with Crippen LogP contribution in [-0.2, 0) is 0 Å². The Morgan fingerprint density at radius 1 is 1.50 bits per heavy atom. The first-order valence-electron chi connectivity index (χ1n) is 6.30. The van der Waals surface area contributed by atoms with Crippen molar-refractivity contribution >= 4 is 21.8 Å². The Labute approximate surface area is 116 Å². The number of aryl methyl sites for hydroxylation is 1. The quantitative estimate of drug-likeness (QED) is 0.866. The molecule has 2 atom stereocenters. The van der Waals surface area contributed by atoms with Gasteiger partial charge >= 0.3 is 0 Å². The van der Waals surface area contributed by atoms with Crippen molar-refractivity contribution in [2.24, 2.45) is 11.7 Å². The molecule has 3 nitrogen and oxygen atoms in total. The summed E-state index contributed by atoms with van der Waals surface area (Å²) < 4.78 is 0.900. The zero-order valence-electron chi connectivity index (χ0n) is 10.8.